The maximum absolute atomic E-state index is 12.4. The zero-order valence-electron chi connectivity index (χ0n) is 18.0. The van der Waals surface area contributed by atoms with Crippen LogP contribution in [0.1, 0.15) is 41.0 Å². The molecule has 0 saturated carbocycles. The number of carbonyl (C=O) groups is 1. The van der Waals surface area contributed by atoms with Crippen molar-refractivity contribution >= 4 is 33.2 Å². The number of amides is 1. The van der Waals surface area contributed by atoms with E-state index in [9.17, 15) is 13.2 Å². The molecule has 3 aliphatic heterocycles. The van der Waals surface area contributed by atoms with Crippen molar-refractivity contribution in [1.29, 1.82) is 0 Å². The number of nitrogens with one attached hydrogen (secondary N) is 1. The van der Waals surface area contributed by atoms with E-state index in [1.165, 1.54) is 12.3 Å². The Morgan fingerprint density at radius 3 is 2.75 bits per heavy atom. The van der Waals surface area contributed by atoms with E-state index in [2.05, 4.69) is 20.2 Å². The lowest BCUT2D eigenvalue weighted by atomic mass is 9.86. The van der Waals surface area contributed by atoms with Gasteiger partial charge in [-0.15, -0.1) is 0 Å². The van der Waals surface area contributed by atoms with Gasteiger partial charge in [-0.1, -0.05) is 35.9 Å². The van der Waals surface area contributed by atoms with Crippen LogP contribution in [0.15, 0.2) is 42.1 Å². The number of aryl methyl sites for hydroxylation is 1. The number of morpholine rings is 1. The highest BCUT2D eigenvalue weighted by Gasteiger charge is 2.47. The van der Waals surface area contributed by atoms with Crippen LogP contribution in [0, 0.1) is 6.92 Å². The van der Waals surface area contributed by atoms with E-state index < -0.39 is 21.8 Å². The molecule has 1 amide bonds. The van der Waals surface area contributed by atoms with Crippen molar-refractivity contribution in [2.75, 3.05) is 17.7 Å². The molecule has 170 valence electrons. The molecule has 1 aromatic heterocycles. The summed E-state index contributed by atoms with van der Waals surface area (Å²) in [6.45, 7) is 4.32. The first-order valence-electron chi connectivity index (χ1n) is 10.3. The summed E-state index contributed by atoms with van der Waals surface area (Å²) in [5.41, 5.74) is 2.14. The number of hydrogen-bond donors (Lipinski definition) is 1. The molecule has 5 rings (SSSR count). The summed E-state index contributed by atoms with van der Waals surface area (Å²) in [7, 11) is -3.26. The SMILES string of the molecule is Cc1cccc([C@H]2[C@@H]3C[C@H](CN2c2cnc(C(=O)N[C@H](C)/C=C/S(C)(=O)=O)cn2)O3)c1Cl. The summed E-state index contributed by atoms with van der Waals surface area (Å²) in [6.07, 6.45) is 6.65. The standard InChI is InChI=1S/C22H25ClN4O4S/c1-13-5-4-6-16(20(13)23)21-18-9-15(31-18)12-27(21)19-11-24-17(10-25-19)22(28)26-14(2)7-8-32(3,29)30/h4-8,10-11,14-15,18,21H,9,12H2,1-3H3,(H,26,28)/b8-7+/t14-,15-,18+,21+/m1/s1. The molecule has 2 bridgehead atoms. The number of nitrogens with zero attached hydrogens (tertiary/aromatic N) is 3. The minimum absolute atomic E-state index is 0.0281. The van der Waals surface area contributed by atoms with Crippen molar-refractivity contribution in [3.05, 3.63) is 63.9 Å². The van der Waals surface area contributed by atoms with E-state index in [1.807, 2.05) is 25.1 Å². The van der Waals surface area contributed by atoms with Crippen molar-refractivity contribution in [2.45, 2.75) is 44.6 Å². The average molecular weight is 477 g/mol. The van der Waals surface area contributed by atoms with Gasteiger partial charge in [0.1, 0.15) is 11.5 Å². The molecular weight excluding hydrogens is 452 g/mol. The van der Waals surface area contributed by atoms with E-state index in [0.29, 0.717) is 12.4 Å². The Bertz CT molecular complexity index is 1150. The maximum atomic E-state index is 12.4. The van der Waals surface area contributed by atoms with Gasteiger partial charge in [-0.25, -0.2) is 18.4 Å². The second-order valence-corrected chi connectivity index (χ2v) is 10.6. The van der Waals surface area contributed by atoms with Gasteiger partial charge < -0.3 is 15.0 Å². The van der Waals surface area contributed by atoms with Crippen LogP contribution in [-0.2, 0) is 14.6 Å². The molecule has 0 aliphatic carbocycles. The summed E-state index contributed by atoms with van der Waals surface area (Å²) in [6, 6.07) is 5.41. The second-order valence-electron chi connectivity index (χ2n) is 8.29. The van der Waals surface area contributed by atoms with Crippen LogP contribution in [-0.4, -0.2) is 55.3 Å². The fourth-order valence-corrected chi connectivity index (χ4v) is 4.79. The van der Waals surface area contributed by atoms with Crippen molar-refractivity contribution < 1.29 is 17.9 Å². The number of sulfone groups is 1. The number of anilines is 1. The van der Waals surface area contributed by atoms with Crippen LogP contribution in [0.4, 0.5) is 5.82 Å². The van der Waals surface area contributed by atoms with Crippen LogP contribution >= 0.6 is 11.6 Å². The van der Waals surface area contributed by atoms with Gasteiger partial charge in [0, 0.05) is 35.7 Å². The third-order valence-electron chi connectivity index (χ3n) is 5.63. The molecule has 2 aromatic rings. The molecular formula is C22H25ClN4O4S. The van der Waals surface area contributed by atoms with Crippen molar-refractivity contribution in [3.8, 4) is 0 Å². The lowest BCUT2D eigenvalue weighted by Gasteiger charge is -2.53. The van der Waals surface area contributed by atoms with Crippen LogP contribution < -0.4 is 10.2 Å². The molecule has 10 heteroatoms. The Labute approximate surface area is 192 Å². The zero-order valence-corrected chi connectivity index (χ0v) is 19.6. The lowest BCUT2D eigenvalue weighted by molar-refractivity contribution is -0.155. The largest absolute Gasteiger partial charge is 0.370 e. The molecule has 0 unspecified atom stereocenters. The number of rotatable bonds is 6. The van der Waals surface area contributed by atoms with E-state index in [-0.39, 0.29) is 23.9 Å². The lowest BCUT2D eigenvalue weighted by Crippen LogP contribution is -2.59. The number of piperidine rings is 1. The van der Waals surface area contributed by atoms with Gasteiger partial charge in [0.25, 0.3) is 5.91 Å². The minimum atomic E-state index is -3.26. The van der Waals surface area contributed by atoms with Gasteiger partial charge in [0.15, 0.2) is 9.84 Å². The molecule has 3 aliphatic rings. The summed E-state index contributed by atoms with van der Waals surface area (Å²) in [4.78, 5) is 23.4. The number of halogens is 1. The first-order valence-corrected chi connectivity index (χ1v) is 12.6. The normalized spacial score (nSPS) is 23.6. The highest BCUT2D eigenvalue weighted by Crippen LogP contribution is 2.45. The minimum Gasteiger partial charge on any atom is -0.370 e. The first kappa shape index (κ1) is 22.7. The van der Waals surface area contributed by atoms with Gasteiger partial charge in [-0.3, -0.25) is 4.79 Å². The Morgan fingerprint density at radius 2 is 2.09 bits per heavy atom. The Morgan fingerprint density at radius 1 is 1.34 bits per heavy atom. The maximum Gasteiger partial charge on any atom is 0.271 e. The Hall–Kier alpha value is -2.49. The van der Waals surface area contributed by atoms with Gasteiger partial charge in [-0.05, 0) is 25.0 Å². The van der Waals surface area contributed by atoms with Gasteiger partial charge in [0.2, 0.25) is 0 Å². The van der Waals surface area contributed by atoms with E-state index in [1.54, 1.807) is 13.1 Å². The molecule has 8 nitrogen and oxygen atoms in total. The number of hydrogen-bond acceptors (Lipinski definition) is 7. The molecule has 32 heavy (non-hydrogen) atoms. The highest BCUT2D eigenvalue weighted by atomic mass is 35.5. The predicted molar refractivity (Wildman–Crippen MR) is 122 cm³/mol. The Kier molecular flexibility index (Phi) is 6.24. The van der Waals surface area contributed by atoms with Gasteiger partial charge in [-0.2, -0.15) is 0 Å². The smallest absolute Gasteiger partial charge is 0.271 e. The molecule has 3 saturated heterocycles. The third-order valence-corrected chi connectivity index (χ3v) is 6.80. The molecule has 4 atom stereocenters. The zero-order chi connectivity index (χ0) is 23.0. The number of fused-ring (bicyclic) bond motifs is 2. The highest BCUT2D eigenvalue weighted by molar-refractivity contribution is 7.93. The Balaban J connectivity index is 1.52. The molecule has 0 radical (unpaired) electrons. The van der Waals surface area contributed by atoms with Crippen molar-refractivity contribution in [3.63, 3.8) is 0 Å². The monoisotopic (exact) mass is 476 g/mol. The fraction of sp³-hybridized carbons (Fsp3) is 0.409. The molecule has 3 fully saturated rings. The first-order chi connectivity index (χ1) is 15.1. The van der Waals surface area contributed by atoms with E-state index >= 15 is 0 Å². The van der Waals surface area contributed by atoms with Crippen LogP contribution in [0.3, 0.4) is 0 Å². The molecule has 4 heterocycles. The molecule has 1 aromatic carbocycles. The third kappa shape index (κ3) is 4.79. The second kappa shape index (κ2) is 8.80. The quantitative estimate of drug-likeness (QED) is 0.683. The van der Waals surface area contributed by atoms with E-state index in [4.69, 9.17) is 16.3 Å². The topological polar surface area (TPSA) is 101 Å². The van der Waals surface area contributed by atoms with E-state index in [0.717, 1.165) is 34.2 Å². The number of ether oxygens (including phenoxy) is 1. The van der Waals surface area contributed by atoms with Crippen molar-refractivity contribution in [1.82, 2.24) is 15.3 Å². The van der Waals surface area contributed by atoms with Crippen LogP contribution in [0.5, 0.6) is 0 Å². The number of carbonyl (C=O) groups excluding carboxylic acids is 1. The van der Waals surface area contributed by atoms with Crippen LogP contribution in [0.2, 0.25) is 5.02 Å². The summed E-state index contributed by atoms with van der Waals surface area (Å²) in [5, 5.41) is 4.47. The molecule has 0 spiro atoms. The van der Waals surface area contributed by atoms with Gasteiger partial charge in [0.05, 0.1) is 30.6 Å². The summed E-state index contributed by atoms with van der Waals surface area (Å²) in [5.74, 6) is 0.213. The number of aromatic nitrogens is 2. The van der Waals surface area contributed by atoms with Crippen molar-refractivity contribution in [2.24, 2.45) is 0 Å². The predicted octanol–water partition coefficient (Wildman–Crippen LogP) is 2.83. The van der Waals surface area contributed by atoms with Gasteiger partial charge >= 0.3 is 0 Å². The average Bonchev–Trinajstić information content (AvgIpc) is 2.73. The summed E-state index contributed by atoms with van der Waals surface area (Å²) >= 11 is 6.62. The number of benzene rings is 1. The fourth-order valence-electron chi connectivity index (χ4n) is 4.03. The van der Waals surface area contributed by atoms with Crippen LogP contribution in [0.25, 0.3) is 0 Å². The summed E-state index contributed by atoms with van der Waals surface area (Å²) < 4.78 is 28.4. The molecule has 1 N–H and O–H groups in total.